The molecule has 0 radical (unpaired) electrons. The predicted molar refractivity (Wildman–Crippen MR) is 118 cm³/mol. The average Bonchev–Trinajstić information content (AvgIpc) is 2.78. The third kappa shape index (κ3) is 2.57. The molecule has 144 valence electrons. The van der Waals surface area contributed by atoms with Gasteiger partial charge in [0.05, 0.1) is 28.5 Å². The number of fused-ring (bicyclic) bond motifs is 7. The van der Waals surface area contributed by atoms with Crippen molar-refractivity contribution in [2.24, 2.45) is 0 Å². The Kier molecular flexibility index (Phi) is 3.77. The minimum Gasteiger partial charge on any atom is -0.425 e. The molecule has 6 rings (SSSR count). The number of hydrogen-bond acceptors (Lipinski definition) is 4. The number of halogens is 1. The molecule has 1 aliphatic rings. The topological polar surface area (TPSA) is 52.1 Å². The molecule has 0 spiro atoms. The standard InChI is InChI=1S/C25H15ClN2O2/c26-15-11-9-14(10-12-15)18-13-21(29)30-25-17-6-2-1-5-16(17)23-24(22(18)25)28-20-8-4-3-7-19(20)27-23/h1-12,18H,13H2. The highest BCUT2D eigenvalue weighted by Crippen LogP contribution is 2.47. The molecule has 1 atom stereocenters. The third-order valence-electron chi connectivity index (χ3n) is 5.70. The van der Waals surface area contributed by atoms with Crippen LogP contribution < -0.4 is 4.74 Å². The van der Waals surface area contributed by atoms with Crippen molar-refractivity contribution in [3.63, 3.8) is 0 Å². The molecule has 2 heterocycles. The van der Waals surface area contributed by atoms with Gasteiger partial charge in [-0.3, -0.25) is 4.79 Å². The van der Waals surface area contributed by atoms with Crippen LogP contribution in [0.1, 0.15) is 23.5 Å². The molecule has 0 amide bonds. The fraction of sp³-hybridized carbons (Fsp3) is 0.0800. The monoisotopic (exact) mass is 410 g/mol. The number of benzene rings is 4. The number of rotatable bonds is 1. The Bertz CT molecular complexity index is 1480. The van der Waals surface area contributed by atoms with E-state index in [2.05, 4.69) is 0 Å². The SMILES string of the molecule is O=C1CC(c2ccc(Cl)cc2)c2c(c3ccccc3c3nc4ccccc4nc23)O1. The van der Waals surface area contributed by atoms with Gasteiger partial charge in [0, 0.05) is 27.3 Å². The maximum atomic E-state index is 12.6. The van der Waals surface area contributed by atoms with E-state index in [1.165, 1.54) is 0 Å². The smallest absolute Gasteiger partial charge is 0.312 e. The first-order valence-electron chi connectivity index (χ1n) is 9.76. The lowest BCUT2D eigenvalue weighted by molar-refractivity contribution is -0.135. The zero-order chi connectivity index (χ0) is 20.2. The zero-order valence-corrected chi connectivity index (χ0v) is 16.6. The van der Waals surface area contributed by atoms with Gasteiger partial charge in [0.15, 0.2) is 0 Å². The fourth-order valence-electron chi connectivity index (χ4n) is 4.35. The first-order valence-corrected chi connectivity index (χ1v) is 10.1. The van der Waals surface area contributed by atoms with Crippen LogP contribution in [0.15, 0.2) is 72.8 Å². The Morgan fingerprint density at radius 3 is 2.17 bits per heavy atom. The number of hydrogen-bond donors (Lipinski definition) is 0. The zero-order valence-electron chi connectivity index (χ0n) is 15.8. The highest BCUT2D eigenvalue weighted by atomic mass is 35.5. The molecule has 5 heteroatoms. The lowest BCUT2D eigenvalue weighted by Crippen LogP contribution is -2.22. The fourth-order valence-corrected chi connectivity index (χ4v) is 4.48. The van der Waals surface area contributed by atoms with Gasteiger partial charge in [0.25, 0.3) is 0 Å². The van der Waals surface area contributed by atoms with Gasteiger partial charge < -0.3 is 4.74 Å². The lowest BCUT2D eigenvalue weighted by atomic mass is 9.84. The molecule has 5 aromatic rings. The van der Waals surface area contributed by atoms with E-state index in [1.807, 2.05) is 72.8 Å². The van der Waals surface area contributed by atoms with E-state index >= 15 is 0 Å². The second-order valence-corrected chi connectivity index (χ2v) is 7.92. The molecule has 1 unspecified atom stereocenters. The van der Waals surface area contributed by atoms with Crippen LogP contribution in [0.4, 0.5) is 0 Å². The molecular formula is C25H15ClN2O2. The first kappa shape index (κ1) is 17.4. The molecule has 0 fully saturated rings. The van der Waals surface area contributed by atoms with Crippen molar-refractivity contribution in [3.05, 3.63) is 88.9 Å². The van der Waals surface area contributed by atoms with Crippen LogP contribution in [-0.2, 0) is 4.79 Å². The summed E-state index contributed by atoms with van der Waals surface area (Å²) >= 11 is 6.10. The molecule has 1 aromatic heterocycles. The maximum absolute atomic E-state index is 12.6. The van der Waals surface area contributed by atoms with E-state index in [9.17, 15) is 4.79 Å². The summed E-state index contributed by atoms with van der Waals surface area (Å²) in [5.74, 6) is 0.153. The van der Waals surface area contributed by atoms with Crippen LogP contribution in [0, 0.1) is 0 Å². The van der Waals surface area contributed by atoms with Gasteiger partial charge in [-0.2, -0.15) is 0 Å². The summed E-state index contributed by atoms with van der Waals surface area (Å²) in [6.07, 6.45) is 0.247. The summed E-state index contributed by atoms with van der Waals surface area (Å²) in [4.78, 5) is 22.5. The number of carbonyl (C=O) groups is 1. The molecule has 30 heavy (non-hydrogen) atoms. The van der Waals surface area contributed by atoms with Gasteiger partial charge in [-0.25, -0.2) is 9.97 Å². The van der Waals surface area contributed by atoms with E-state index in [-0.39, 0.29) is 18.3 Å². The van der Waals surface area contributed by atoms with E-state index in [0.29, 0.717) is 10.8 Å². The second-order valence-electron chi connectivity index (χ2n) is 7.48. The van der Waals surface area contributed by atoms with E-state index in [4.69, 9.17) is 26.3 Å². The van der Waals surface area contributed by atoms with Crippen LogP contribution in [-0.4, -0.2) is 15.9 Å². The van der Waals surface area contributed by atoms with Crippen LogP contribution in [0.5, 0.6) is 5.75 Å². The highest BCUT2D eigenvalue weighted by molar-refractivity contribution is 6.30. The number of nitrogens with zero attached hydrogens (tertiary/aromatic N) is 2. The number of esters is 1. The third-order valence-corrected chi connectivity index (χ3v) is 5.96. The summed E-state index contributed by atoms with van der Waals surface area (Å²) in [5, 5.41) is 2.46. The Labute approximate surface area is 177 Å². The predicted octanol–water partition coefficient (Wildman–Crippen LogP) is 6.03. The van der Waals surface area contributed by atoms with Gasteiger partial charge in [0.2, 0.25) is 0 Å². The number of ether oxygens (including phenoxy) is 1. The van der Waals surface area contributed by atoms with Crippen molar-refractivity contribution in [1.29, 1.82) is 0 Å². The van der Waals surface area contributed by atoms with Crippen molar-refractivity contribution in [2.45, 2.75) is 12.3 Å². The lowest BCUT2D eigenvalue weighted by Gasteiger charge is -2.27. The van der Waals surface area contributed by atoms with Crippen molar-refractivity contribution < 1.29 is 9.53 Å². The van der Waals surface area contributed by atoms with Crippen molar-refractivity contribution >= 4 is 50.4 Å². The summed E-state index contributed by atoms with van der Waals surface area (Å²) < 4.78 is 5.81. The molecule has 0 saturated carbocycles. The summed E-state index contributed by atoms with van der Waals surface area (Å²) in [6.45, 7) is 0. The van der Waals surface area contributed by atoms with Gasteiger partial charge in [-0.15, -0.1) is 0 Å². The molecule has 4 nitrogen and oxygen atoms in total. The minimum absolute atomic E-state index is 0.180. The minimum atomic E-state index is -0.249. The Hall–Kier alpha value is -3.50. The first-order chi connectivity index (χ1) is 14.7. The molecule has 0 N–H and O–H groups in total. The molecular weight excluding hydrogens is 396 g/mol. The van der Waals surface area contributed by atoms with Crippen molar-refractivity contribution in [2.75, 3.05) is 0 Å². The Morgan fingerprint density at radius 1 is 0.800 bits per heavy atom. The normalized spacial score (nSPS) is 16.0. The van der Waals surface area contributed by atoms with Crippen LogP contribution in [0.2, 0.25) is 5.02 Å². The summed E-state index contributed by atoms with van der Waals surface area (Å²) in [7, 11) is 0. The van der Waals surface area contributed by atoms with Crippen LogP contribution >= 0.6 is 11.6 Å². The quantitative estimate of drug-likeness (QED) is 0.146. The van der Waals surface area contributed by atoms with Gasteiger partial charge in [0.1, 0.15) is 5.75 Å². The Balaban J connectivity index is 1.78. The Morgan fingerprint density at radius 2 is 1.43 bits per heavy atom. The van der Waals surface area contributed by atoms with Gasteiger partial charge in [-0.1, -0.05) is 60.1 Å². The molecule has 1 aliphatic heterocycles. The largest absolute Gasteiger partial charge is 0.425 e. The molecule has 0 saturated heterocycles. The highest BCUT2D eigenvalue weighted by Gasteiger charge is 2.33. The van der Waals surface area contributed by atoms with Crippen molar-refractivity contribution in [1.82, 2.24) is 9.97 Å². The van der Waals surface area contributed by atoms with E-state index < -0.39 is 0 Å². The number of carbonyl (C=O) groups excluding carboxylic acids is 1. The average molecular weight is 411 g/mol. The van der Waals surface area contributed by atoms with Crippen LogP contribution in [0.3, 0.4) is 0 Å². The number of para-hydroxylation sites is 2. The van der Waals surface area contributed by atoms with Crippen molar-refractivity contribution in [3.8, 4) is 5.75 Å². The van der Waals surface area contributed by atoms with E-state index in [0.717, 1.165) is 44.0 Å². The molecule has 0 bridgehead atoms. The van der Waals surface area contributed by atoms with Gasteiger partial charge >= 0.3 is 5.97 Å². The van der Waals surface area contributed by atoms with E-state index in [1.54, 1.807) is 0 Å². The molecule has 0 aliphatic carbocycles. The molecule has 4 aromatic carbocycles. The number of aromatic nitrogens is 2. The van der Waals surface area contributed by atoms with Crippen LogP contribution in [0.25, 0.3) is 32.8 Å². The maximum Gasteiger partial charge on any atom is 0.312 e. The second kappa shape index (κ2) is 6.51. The summed E-state index contributed by atoms with van der Waals surface area (Å²) in [5.41, 5.74) is 5.16. The van der Waals surface area contributed by atoms with Gasteiger partial charge in [-0.05, 0) is 29.8 Å². The summed E-state index contributed by atoms with van der Waals surface area (Å²) in [6, 6.07) is 23.3.